The summed E-state index contributed by atoms with van der Waals surface area (Å²) in [4.78, 5) is 15.2. The largest absolute Gasteiger partial charge is 0.304 e. The SMILES string of the molecule is O=C(Nc1ccc(F)cn1)c1nnc(Cl)s1. The van der Waals surface area contributed by atoms with Gasteiger partial charge in [0.25, 0.3) is 5.91 Å². The lowest BCUT2D eigenvalue weighted by molar-refractivity contribution is 0.102. The van der Waals surface area contributed by atoms with E-state index >= 15 is 0 Å². The fourth-order valence-electron chi connectivity index (χ4n) is 0.917. The predicted molar refractivity (Wildman–Crippen MR) is 57.1 cm³/mol. The summed E-state index contributed by atoms with van der Waals surface area (Å²) >= 11 is 6.48. The Kier molecular flexibility index (Phi) is 3.07. The zero-order valence-corrected chi connectivity index (χ0v) is 9.22. The molecule has 2 heterocycles. The standard InChI is InChI=1S/C8H4ClFN4OS/c9-8-14-13-7(16-8)6(15)12-5-2-1-4(10)3-11-5/h1-3H,(H,11,12,15). The summed E-state index contributed by atoms with van der Waals surface area (Å²) < 4.78 is 12.7. The van der Waals surface area contributed by atoms with Crippen LogP contribution in [0.2, 0.25) is 4.47 Å². The van der Waals surface area contributed by atoms with Crippen LogP contribution in [0.1, 0.15) is 9.80 Å². The van der Waals surface area contributed by atoms with Crippen molar-refractivity contribution in [3.8, 4) is 0 Å². The fourth-order valence-corrected chi connectivity index (χ4v) is 1.64. The molecule has 0 aliphatic carbocycles. The molecule has 0 unspecified atom stereocenters. The van der Waals surface area contributed by atoms with Crippen LogP contribution in [-0.4, -0.2) is 21.1 Å². The number of halogens is 2. The van der Waals surface area contributed by atoms with Crippen molar-refractivity contribution < 1.29 is 9.18 Å². The van der Waals surface area contributed by atoms with Gasteiger partial charge >= 0.3 is 0 Å². The first-order valence-electron chi connectivity index (χ1n) is 4.07. The van der Waals surface area contributed by atoms with Crippen LogP contribution in [0.3, 0.4) is 0 Å². The molecule has 2 aromatic heterocycles. The lowest BCUT2D eigenvalue weighted by atomic mass is 10.4. The molecule has 1 amide bonds. The molecular weight excluding hydrogens is 255 g/mol. The van der Waals surface area contributed by atoms with Gasteiger partial charge in [-0.2, -0.15) is 0 Å². The Morgan fingerprint density at radius 3 is 2.81 bits per heavy atom. The van der Waals surface area contributed by atoms with Crippen LogP contribution in [-0.2, 0) is 0 Å². The lowest BCUT2D eigenvalue weighted by Gasteiger charge is -2.00. The zero-order valence-electron chi connectivity index (χ0n) is 7.65. The van der Waals surface area contributed by atoms with Gasteiger partial charge in [0.2, 0.25) is 9.47 Å². The van der Waals surface area contributed by atoms with E-state index in [1.54, 1.807) is 0 Å². The molecule has 16 heavy (non-hydrogen) atoms. The molecule has 0 aliphatic rings. The first-order valence-corrected chi connectivity index (χ1v) is 5.26. The number of pyridine rings is 1. The van der Waals surface area contributed by atoms with Gasteiger partial charge in [0.15, 0.2) is 0 Å². The first kappa shape index (κ1) is 10.9. The van der Waals surface area contributed by atoms with Gasteiger partial charge in [0.05, 0.1) is 6.20 Å². The van der Waals surface area contributed by atoms with E-state index in [9.17, 15) is 9.18 Å². The summed E-state index contributed by atoms with van der Waals surface area (Å²) in [5, 5.41) is 9.59. The molecule has 82 valence electrons. The third kappa shape index (κ3) is 2.50. The van der Waals surface area contributed by atoms with Crippen LogP contribution >= 0.6 is 22.9 Å². The highest BCUT2D eigenvalue weighted by Crippen LogP contribution is 2.15. The fraction of sp³-hybridized carbons (Fsp3) is 0. The molecule has 0 aliphatic heterocycles. The maximum Gasteiger partial charge on any atom is 0.287 e. The molecule has 0 aromatic carbocycles. The van der Waals surface area contributed by atoms with E-state index in [1.807, 2.05) is 0 Å². The van der Waals surface area contributed by atoms with Crippen LogP contribution in [0, 0.1) is 5.82 Å². The second-order valence-corrected chi connectivity index (χ2v) is 4.24. The minimum atomic E-state index is -0.483. The molecule has 5 nitrogen and oxygen atoms in total. The van der Waals surface area contributed by atoms with Crippen molar-refractivity contribution in [2.24, 2.45) is 0 Å². The molecule has 8 heteroatoms. The molecule has 0 spiro atoms. The Hall–Kier alpha value is -1.60. The molecule has 2 rings (SSSR count). The molecular formula is C8H4ClFN4OS. The maximum absolute atomic E-state index is 12.5. The number of rotatable bonds is 2. The van der Waals surface area contributed by atoms with Gasteiger partial charge in [-0.25, -0.2) is 9.37 Å². The number of amides is 1. The summed E-state index contributed by atoms with van der Waals surface area (Å²) in [6, 6.07) is 2.53. The maximum atomic E-state index is 12.5. The second-order valence-electron chi connectivity index (χ2n) is 2.68. The number of hydrogen-bond donors (Lipinski definition) is 1. The quantitative estimate of drug-likeness (QED) is 0.894. The molecule has 0 radical (unpaired) electrons. The van der Waals surface area contributed by atoms with Crippen molar-refractivity contribution >= 4 is 34.7 Å². The number of aromatic nitrogens is 3. The Morgan fingerprint density at radius 2 is 2.25 bits per heavy atom. The summed E-state index contributed by atoms with van der Waals surface area (Å²) in [6.45, 7) is 0. The van der Waals surface area contributed by atoms with Crippen LogP contribution in [0.25, 0.3) is 0 Å². The van der Waals surface area contributed by atoms with E-state index in [0.717, 1.165) is 17.5 Å². The molecule has 2 aromatic rings. The third-order valence-electron chi connectivity index (χ3n) is 1.56. The van der Waals surface area contributed by atoms with Gasteiger partial charge < -0.3 is 5.32 Å². The summed E-state index contributed by atoms with van der Waals surface area (Å²) in [5.74, 6) is -0.724. The average molecular weight is 259 g/mol. The summed E-state index contributed by atoms with van der Waals surface area (Å²) in [7, 11) is 0. The Morgan fingerprint density at radius 1 is 1.44 bits per heavy atom. The molecule has 0 saturated carbocycles. The van der Waals surface area contributed by atoms with E-state index in [2.05, 4.69) is 20.5 Å². The highest BCUT2D eigenvalue weighted by molar-refractivity contribution is 7.17. The van der Waals surface area contributed by atoms with Gasteiger partial charge in [-0.05, 0) is 23.7 Å². The minimum absolute atomic E-state index is 0.121. The van der Waals surface area contributed by atoms with E-state index < -0.39 is 11.7 Å². The van der Waals surface area contributed by atoms with Crippen molar-refractivity contribution in [2.75, 3.05) is 5.32 Å². The topological polar surface area (TPSA) is 67.8 Å². The Bertz CT molecular complexity index is 515. The van der Waals surface area contributed by atoms with E-state index in [1.165, 1.54) is 12.1 Å². The highest BCUT2D eigenvalue weighted by Gasteiger charge is 2.12. The molecule has 1 N–H and O–H groups in total. The van der Waals surface area contributed by atoms with Gasteiger partial charge in [0.1, 0.15) is 11.6 Å². The number of hydrogen-bond acceptors (Lipinski definition) is 5. The lowest BCUT2D eigenvalue weighted by Crippen LogP contribution is -2.12. The smallest absolute Gasteiger partial charge is 0.287 e. The molecule has 0 bridgehead atoms. The first-order chi connectivity index (χ1) is 7.65. The zero-order chi connectivity index (χ0) is 11.5. The van der Waals surface area contributed by atoms with Crippen molar-refractivity contribution in [3.05, 3.63) is 33.6 Å². The summed E-state index contributed by atoms with van der Waals surface area (Å²) in [5.41, 5.74) is 0. The van der Waals surface area contributed by atoms with Crippen LogP contribution in [0.4, 0.5) is 10.2 Å². The molecule has 0 atom stereocenters. The van der Waals surface area contributed by atoms with Gasteiger partial charge in [-0.3, -0.25) is 4.79 Å². The van der Waals surface area contributed by atoms with Gasteiger partial charge in [-0.15, -0.1) is 10.2 Å². The van der Waals surface area contributed by atoms with Gasteiger partial charge in [0, 0.05) is 0 Å². The van der Waals surface area contributed by atoms with Crippen molar-refractivity contribution in [3.63, 3.8) is 0 Å². The number of nitrogens with one attached hydrogen (secondary N) is 1. The third-order valence-corrected chi connectivity index (χ3v) is 2.58. The van der Waals surface area contributed by atoms with E-state index in [-0.39, 0.29) is 15.3 Å². The van der Waals surface area contributed by atoms with Crippen LogP contribution in [0.15, 0.2) is 18.3 Å². The van der Waals surface area contributed by atoms with E-state index in [4.69, 9.17) is 11.6 Å². The number of anilines is 1. The van der Waals surface area contributed by atoms with Crippen molar-refractivity contribution in [1.29, 1.82) is 0 Å². The highest BCUT2D eigenvalue weighted by atomic mass is 35.5. The normalized spacial score (nSPS) is 10.1. The Balaban J connectivity index is 2.10. The minimum Gasteiger partial charge on any atom is -0.304 e. The molecule has 0 fully saturated rings. The van der Waals surface area contributed by atoms with Crippen LogP contribution in [0.5, 0.6) is 0 Å². The van der Waals surface area contributed by atoms with Gasteiger partial charge in [-0.1, -0.05) is 11.3 Å². The number of carbonyl (C=O) groups excluding carboxylic acids is 1. The summed E-state index contributed by atoms with van der Waals surface area (Å²) in [6.07, 6.45) is 1.00. The van der Waals surface area contributed by atoms with Crippen LogP contribution < -0.4 is 5.32 Å². The predicted octanol–water partition coefficient (Wildman–Crippen LogP) is 1.98. The monoisotopic (exact) mass is 258 g/mol. The van der Waals surface area contributed by atoms with Crippen molar-refractivity contribution in [2.45, 2.75) is 0 Å². The Labute approximate surface area is 98.3 Å². The molecule has 0 saturated heterocycles. The van der Waals surface area contributed by atoms with Crippen molar-refractivity contribution in [1.82, 2.24) is 15.2 Å². The second kappa shape index (κ2) is 4.50. The number of nitrogens with zero attached hydrogens (tertiary/aromatic N) is 3. The van der Waals surface area contributed by atoms with E-state index in [0.29, 0.717) is 0 Å². The number of carbonyl (C=O) groups is 1. The average Bonchev–Trinajstić information content (AvgIpc) is 2.68.